The maximum absolute atomic E-state index is 10.9. The molecule has 118 valence electrons. The molecule has 21 heavy (non-hydrogen) atoms. The fraction of sp³-hybridized carbons (Fsp3) is 0.647. The van der Waals surface area contributed by atoms with Gasteiger partial charge in [0.1, 0.15) is 5.75 Å². The van der Waals surface area contributed by atoms with Gasteiger partial charge in [0.05, 0.1) is 12.7 Å². The summed E-state index contributed by atoms with van der Waals surface area (Å²) in [6.07, 6.45) is -0.525. The zero-order chi connectivity index (χ0) is 15.4. The van der Waals surface area contributed by atoms with Crippen molar-refractivity contribution in [1.29, 1.82) is 0 Å². The molecule has 1 aromatic rings. The van der Waals surface area contributed by atoms with Crippen LogP contribution < -0.4 is 10.1 Å². The van der Waals surface area contributed by atoms with E-state index in [9.17, 15) is 5.11 Å². The second kappa shape index (κ2) is 7.25. The number of hydrogen-bond acceptors (Lipinski definition) is 4. The molecule has 1 aliphatic heterocycles. The highest BCUT2D eigenvalue weighted by molar-refractivity contribution is 5.45. The first-order chi connectivity index (χ1) is 10.0. The number of nitrogens with zero attached hydrogens (tertiary/aromatic N) is 1. The Bertz CT molecular complexity index is 470. The molecule has 2 atom stereocenters. The van der Waals surface area contributed by atoms with Crippen molar-refractivity contribution >= 4 is 0 Å². The van der Waals surface area contributed by atoms with Gasteiger partial charge in [0.2, 0.25) is 0 Å². The zero-order valence-corrected chi connectivity index (χ0v) is 13.6. The smallest absolute Gasteiger partial charge is 0.128 e. The molecule has 0 aliphatic carbocycles. The lowest BCUT2D eigenvalue weighted by atomic mass is 9.96. The minimum atomic E-state index is -0.525. The summed E-state index contributed by atoms with van der Waals surface area (Å²) in [5, 5.41) is 14.2. The fourth-order valence-corrected chi connectivity index (χ4v) is 3.10. The molecule has 2 unspecified atom stereocenters. The molecule has 4 heteroatoms. The molecule has 0 bridgehead atoms. The molecule has 0 amide bonds. The Kier molecular flexibility index (Phi) is 5.62. The summed E-state index contributed by atoms with van der Waals surface area (Å²) in [7, 11) is 0. The lowest BCUT2D eigenvalue weighted by Gasteiger charge is -2.36. The quantitative estimate of drug-likeness (QED) is 0.871. The molecule has 2 rings (SSSR count). The van der Waals surface area contributed by atoms with Crippen molar-refractivity contribution in [2.75, 3.05) is 32.8 Å². The average Bonchev–Trinajstić information content (AvgIpc) is 2.49. The van der Waals surface area contributed by atoms with Crippen LogP contribution in [-0.4, -0.2) is 48.8 Å². The van der Waals surface area contributed by atoms with Crippen molar-refractivity contribution in [2.45, 2.75) is 39.8 Å². The van der Waals surface area contributed by atoms with E-state index in [0.717, 1.165) is 48.6 Å². The molecule has 0 spiro atoms. The van der Waals surface area contributed by atoms with E-state index in [1.54, 1.807) is 0 Å². The largest absolute Gasteiger partial charge is 0.493 e. The van der Waals surface area contributed by atoms with Gasteiger partial charge in [-0.05, 0) is 39.3 Å². The Balaban J connectivity index is 2.26. The van der Waals surface area contributed by atoms with Gasteiger partial charge in [0, 0.05) is 37.8 Å². The van der Waals surface area contributed by atoms with Crippen molar-refractivity contribution in [3.63, 3.8) is 0 Å². The summed E-state index contributed by atoms with van der Waals surface area (Å²) in [6, 6.07) is 4.26. The Morgan fingerprint density at radius 2 is 1.95 bits per heavy atom. The third-order valence-corrected chi connectivity index (χ3v) is 4.24. The SMILES string of the molecule is CCOc1c(C)cc(C)cc1C(O)C(C)N1CCNCC1. The molecule has 1 heterocycles. The van der Waals surface area contributed by atoms with Crippen molar-refractivity contribution in [3.05, 3.63) is 28.8 Å². The summed E-state index contributed by atoms with van der Waals surface area (Å²) in [5.74, 6) is 0.845. The molecule has 1 saturated heterocycles. The highest BCUT2D eigenvalue weighted by Crippen LogP contribution is 2.33. The number of piperazine rings is 1. The van der Waals surface area contributed by atoms with Crippen LogP contribution in [0, 0.1) is 13.8 Å². The lowest BCUT2D eigenvalue weighted by molar-refractivity contribution is 0.0490. The van der Waals surface area contributed by atoms with Crippen LogP contribution in [0.25, 0.3) is 0 Å². The molecular weight excluding hydrogens is 264 g/mol. The second-order valence-electron chi connectivity index (χ2n) is 5.90. The number of nitrogens with one attached hydrogen (secondary N) is 1. The first-order valence-corrected chi connectivity index (χ1v) is 7.91. The van der Waals surface area contributed by atoms with Crippen LogP contribution in [0.4, 0.5) is 0 Å². The summed E-state index contributed by atoms with van der Waals surface area (Å²) in [5.41, 5.74) is 3.18. The van der Waals surface area contributed by atoms with Crippen LogP contribution in [-0.2, 0) is 0 Å². The minimum Gasteiger partial charge on any atom is -0.493 e. The maximum atomic E-state index is 10.9. The van der Waals surface area contributed by atoms with Crippen molar-refractivity contribution < 1.29 is 9.84 Å². The average molecular weight is 292 g/mol. The molecule has 1 aliphatic rings. The number of benzene rings is 1. The van der Waals surface area contributed by atoms with Crippen LogP contribution in [0.5, 0.6) is 5.75 Å². The monoisotopic (exact) mass is 292 g/mol. The minimum absolute atomic E-state index is 0.0903. The molecule has 0 aromatic heterocycles. The van der Waals surface area contributed by atoms with Crippen molar-refractivity contribution in [2.24, 2.45) is 0 Å². The van der Waals surface area contributed by atoms with Gasteiger partial charge >= 0.3 is 0 Å². The Morgan fingerprint density at radius 1 is 1.29 bits per heavy atom. The van der Waals surface area contributed by atoms with Gasteiger partial charge in [0.25, 0.3) is 0 Å². The van der Waals surface area contributed by atoms with Gasteiger partial charge in [-0.15, -0.1) is 0 Å². The Hall–Kier alpha value is -1.10. The van der Waals surface area contributed by atoms with Gasteiger partial charge in [-0.3, -0.25) is 4.90 Å². The van der Waals surface area contributed by atoms with Gasteiger partial charge in [0.15, 0.2) is 0 Å². The van der Waals surface area contributed by atoms with E-state index >= 15 is 0 Å². The fourth-order valence-electron chi connectivity index (χ4n) is 3.10. The first-order valence-electron chi connectivity index (χ1n) is 7.91. The van der Waals surface area contributed by atoms with E-state index in [4.69, 9.17) is 4.74 Å². The number of aliphatic hydroxyl groups is 1. The van der Waals surface area contributed by atoms with Gasteiger partial charge in [-0.1, -0.05) is 11.6 Å². The lowest BCUT2D eigenvalue weighted by Crippen LogP contribution is -2.49. The van der Waals surface area contributed by atoms with E-state index < -0.39 is 6.10 Å². The Labute approximate surface area is 128 Å². The van der Waals surface area contributed by atoms with Crippen LogP contribution >= 0.6 is 0 Å². The topological polar surface area (TPSA) is 44.7 Å². The molecule has 0 saturated carbocycles. The second-order valence-corrected chi connectivity index (χ2v) is 5.90. The van der Waals surface area contributed by atoms with Gasteiger partial charge in [-0.2, -0.15) is 0 Å². The molecule has 1 fully saturated rings. The highest BCUT2D eigenvalue weighted by atomic mass is 16.5. The van der Waals surface area contributed by atoms with E-state index in [1.165, 1.54) is 0 Å². The predicted molar refractivity (Wildman–Crippen MR) is 85.9 cm³/mol. The number of aryl methyl sites for hydroxylation is 2. The summed E-state index contributed by atoms with van der Waals surface area (Å²) in [6.45, 7) is 12.7. The summed E-state index contributed by atoms with van der Waals surface area (Å²) >= 11 is 0. The molecule has 4 nitrogen and oxygen atoms in total. The van der Waals surface area contributed by atoms with Crippen LogP contribution in [0.2, 0.25) is 0 Å². The van der Waals surface area contributed by atoms with Gasteiger partial charge in [-0.25, -0.2) is 0 Å². The summed E-state index contributed by atoms with van der Waals surface area (Å²) in [4.78, 5) is 2.34. The van der Waals surface area contributed by atoms with Crippen LogP contribution in [0.15, 0.2) is 12.1 Å². The molecule has 2 N–H and O–H groups in total. The van der Waals surface area contributed by atoms with Crippen LogP contribution in [0.3, 0.4) is 0 Å². The number of aliphatic hydroxyl groups excluding tert-OH is 1. The van der Waals surface area contributed by atoms with E-state index in [-0.39, 0.29) is 6.04 Å². The predicted octanol–water partition coefficient (Wildman–Crippen LogP) is 2.03. The zero-order valence-electron chi connectivity index (χ0n) is 13.6. The Morgan fingerprint density at radius 3 is 2.57 bits per heavy atom. The van der Waals surface area contributed by atoms with E-state index in [0.29, 0.717) is 6.61 Å². The molecule has 1 aromatic carbocycles. The number of ether oxygens (including phenoxy) is 1. The van der Waals surface area contributed by atoms with Crippen LogP contribution in [0.1, 0.15) is 36.6 Å². The van der Waals surface area contributed by atoms with Crippen molar-refractivity contribution in [3.8, 4) is 5.75 Å². The van der Waals surface area contributed by atoms with Gasteiger partial charge < -0.3 is 15.2 Å². The molecular formula is C17H28N2O2. The highest BCUT2D eigenvalue weighted by Gasteiger charge is 2.27. The van der Waals surface area contributed by atoms with Crippen molar-refractivity contribution in [1.82, 2.24) is 10.2 Å². The standard InChI is InChI=1S/C17H28N2O2/c1-5-21-17-13(3)10-12(2)11-15(17)16(20)14(4)19-8-6-18-7-9-19/h10-11,14,16,18,20H,5-9H2,1-4H3. The first kappa shape index (κ1) is 16.3. The number of hydrogen-bond donors (Lipinski definition) is 2. The summed E-state index contributed by atoms with van der Waals surface area (Å²) < 4.78 is 5.79. The van der Waals surface area contributed by atoms with E-state index in [2.05, 4.69) is 36.2 Å². The maximum Gasteiger partial charge on any atom is 0.128 e. The third-order valence-electron chi connectivity index (χ3n) is 4.24. The van der Waals surface area contributed by atoms with E-state index in [1.807, 2.05) is 13.8 Å². The number of rotatable bonds is 5. The normalized spacial score (nSPS) is 19.3. The molecule has 0 radical (unpaired) electrons. The third kappa shape index (κ3) is 3.76.